The molecule has 0 saturated heterocycles. The van der Waals surface area contributed by atoms with Gasteiger partial charge in [-0.3, -0.25) is 28.8 Å². The van der Waals surface area contributed by atoms with Gasteiger partial charge in [0.25, 0.3) is 11.1 Å². The van der Waals surface area contributed by atoms with E-state index in [-0.39, 0.29) is 34.3 Å². The van der Waals surface area contributed by atoms with Crippen LogP contribution in [0.15, 0.2) is 164 Å². The van der Waals surface area contributed by atoms with E-state index < -0.39 is 32.6 Å². The highest BCUT2D eigenvalue weighted by Gasteiger charge is 2.28. The van der Waals surface area contributed by atoms with Crippen molar-refractivity contribution >= 4 is 63.2 Å². The van der Waals surface area contributed by atoms with E-state index in [1.807, 2.05) is 18.2 Å². The van der Waals surface area contributed by atoms with Gasteiger partial charge in [0.2, 0.25) is 11.9 Å². The third-order valence-electron chi connectivity index (χ3n) is 11.2. The summed E-state index contributed by atoms with van der Waals surface area (Å²) in [4.78, 5) is 47.5. The first kappa shape index (κ1) is 53.6. The van der Waals surface area contributed by atoms with Gasteiger partial charge in [0.1, 0.15) is 24.6 Å². The summed E-state index contributed by atoms with van der Waals surface area (Å²) in [6.07, 6.45) is -1.29. The molecule has 0 unspecified atom stereocenters. The Morgan fingerprint density at radius 1 is 0.658 bits per heavy atom. The van der Waals surface area contributed by atoms with Gasteiger partial charge < -0.3 is 30.2 Å². The van der Waals surface area contributed by atoms with E-state index in [9.17, 15) is 35.9 Å². The van der Waals surface area contributed by atoms with Gasteiger partial charge in [0.05, 0.1) is 37.8 Å². The van der Waals surface area contributed by atoms with E-state index in [4.69, 9.17) is 19.5 Å². The lowest BCUT2D eigenvalue weighted by Gasteiger charge is -2.15. The second-order valence-corrected chi connectivity index (χ2v) is 17.3. The van der Waals surface area contributed by atoms with E-state index in [1.54, 1.807) is 130 Å². The second-order valence-electron chi connectivity index (χ2n) is 16.3. The van der Waals surface area contributed by atoms with Gasteiger partial charge in [0, 0.05) is 51.2 Å². The minimum atomic E-state index is -4.45. The van der Waals surface area contributed by atoms with Gasteiger partial charge in [-0.05, 0) is 107 Å². The quantitative estimate of drug-likeness (QED) is 0.0570. The van der Waals surface area contributed by atoms with Crippen LogP contribution in [0.5, 0.6) is 11.5 Å². The van der Waals surface area contributed by atoms with Gasteiger partial charge in [0.15, 0.2) is 11.3 Å². The third kappa shape index (κ3) is 13.2. The summed E-state index contributed by atoms with van der Waals surface area (Å²) < 4.78 is 89.9. The van der Waals surface area contributed by atoms with Crippen LogP contribution in [0.25, 0.3) is 67.0 Å². The number of nitrogens with one attached hydrogen (secondary N) is 3. The molecule has 1 aliphatic heterocycles. The van der Waals surface area contributed by atoms with Crippen molar-refractivity contribution in [3.05, 3.63) is 171 Å². The maximum Gasteiger partial charge on any atom is 0.486 e. The number of rotatable bonds is 12. The predicted octanol–water partition coefficient (Wildman–Crippen LogP) is 9.02. The van der Waals surface area contributed by atoms with E-state index in [1.165, 1.54) is 21.5 Å². The Bertz CT molecular complexity index is 3660. The maximum atomic E-state index is 13.7. The Morgan fingerprint density at radius 2 is 1.11 bits per heavy atom. The fourth-order valence-electron chi connectivity index (χ4n) is 7.48. The number of aromatic amines is 1. The first-order valence-electron chi connectivity index (χ1n) is 22.5. The molecule has 0 fully saturated rings. The number of benzene rings is 4. The smallest absolute Gasteiger partial charge is 0.486 e. The van der Waals surface area contributed by atoms with Crippen LogP contribution < -0.4 is 31.2 Å². The molecule has 0 amide bonds. The molecule has 76 heavy (non-hydrogen) atoms. The number of allylic oxidation sites excluding steroid dienone is 1. The zero-order valence-electron chi connectivity index (χ0n) is 39.8. The summed E-state index contributed by atoms with van der Waals surface area (Å²) in [5.41, 5.74) is 4.88. The topological polar surface area (TPSA) is 220 Å². The highest BCUT2D eigenvalue weighted by Crippen LogP contribution is 2.29. The van der Waals surface area contributed by atoms with Gasteiger partial charge in [-0.15, -0.1) is 0 Å². The summed E-state index contributed by atoms with van der Waals surface area (Å²) in [5, 5.41) is 29.1. The number of ether oxygens (including phenoxy) is 2. The van der Waals surface area contributed by atoms with Gasteiger partial charge >= 0.3 is 19.5 Å². The zero-order valence-corrected chi connectivity index (χ0v) is 41.4. The van der Waals surface area contributed by atoms with Crippen LogP contribution >= 0.6 is 15.9 Å². The minimum Gasteiger partial charge on any atom is -0.497 e. The lowest BCUT2D eigenvalue weighted by Crippen LogP contribution is -2.24. The van der Waals surface area contributed by atoms with Gasteiger partial charge in [-0.2, -0.15) is 41.4 Å². The van der Waals surface area contributed by atoms with E-state index >= 15 is 0 Å². The fraction of sp³-hybridized carbons (Fsp3) is 0.137. The molecule has 17 nitrogen and oxygen atoms in total. The largest absolute Gasteiger partial charge is 0.497 e. The molecule has 0 saturated carbocycles. The fourth-order valence-corrected chi connectivity index (χ4v) is 7.74. The van der Waals surface area contributed by atoms with Crippen LogP contribution in [0.3, 0.4) is 0 Å². The molecule has 0 radical (unpaired) electrons. The van der Waals surface area contributed by atoms with Crippen molar-refractivity contribution in [2.24, 2.45) is 4.99 Å². The first-order chi connectivity index (χ1) is 36.4. The number of hydrogen-bond donors (Lipinski definition) is 5. The van der Waals surface area contributed by atoms with Crippen LogP contribution in [-0.2, 0) is 0 Å². The van der Waals surface area contributed by atoms with E-state index in [0.29, 0.717) is 67.9 Å². The number of methoxy groups -OCH3 is 2. The number of anilines is 2. The van der Waals surface area contributed by atoms with Crippen molar-refractivity contribution < 1.29 is 45.9 Å². The second kappa shape index (κ2) is 23.3. The lowest BCUT2D eigenvalue weighted by atomic mass is 9.80. The molecule has 0 aliphatic carbocycles. The van der Waals surface area contributed by atoms with Crippen molar-refractivity contribution in [2.75, 3.05) is 44.5 Å². The number of hydrogen-bond acceptors (Lipinski definition) is 14. The SMILES string of the molecule is COc1ccc(-c2cc3cnc(NCC(F)(F)F)nc3n(-c3ccc(-c4ccn[nH]4)cc3)c2=O)cc1.COc1ccc(-c2cc3cnc(NCC(F)(F)F)nc3n(-c3ccc(Br)cc3)c2=O)cc1.OB(O)C1=CC=NC1. The first-order valence-corrected chi connectivity index (χ1v) is 23.3. The van der Waals surface area contributed by atoms with Crippen LogP contribution in [-0.4, -0.2) is 109 Å². The molecule has 5 N–H and O–H groups in total. The number of nitrogens with zero attached hydrogens (tertiary/aromatic N) is 8. The number of aliphatic imine (C=N–C) groups is 1. The van der Waals surface area contributed by atoms with Crippen molar-refractivity contribution in [2.45, 2.75) is 12.4 Å². The molecule has 0 bridgehead atoms. The van der Waals surface area contributed by atoms with Crippen LogP contribution in [0.2, 0.25) is 0 Å². The normalized spacial score (nSPS) is 12.1. The molecule has 5 aromatic heterocycles. The molecule has 0 spiro atoms. The molecule has 1 aliphatic rings. The average molecular weight is 1110 g/mol. The van der Waals surface area contributed by atoms with Crippen molar-refractivity contribution in [3.8, 4) is 56.4 Å². The van der Waals surface area contributed by atoms with E-state index in [2.05, 4.69) is 61.7 Å². The molecule has 10 rings (SSSR count). The number of H-pyrrole nitrogens is 1. The Labute approximate surface area is 435 Å². The summed E-state index contributed by atoms with van der Waals surface area (Å²) in [7, 11) is 1.78. The highest BCUT2D eigenvalue weighted by molar-refractivity contribution is 9.10. The molecule has 25 heteroatoms. The summed E-state index contributed by atoms with van der Waals surface area (Å²) in [6.45, 7) is -2.16. The Hall–Kier alpha value is -8.68. The van der Waals surface area contributed by atoms with Crippen molar-refractivity contribution in [1.29, 1.82) is 0 Å². The molecule has 6 heterocycles. The third-order valence-corrected chi connectivity index (χ3v) is 11.7. The molecule has 388 valence electrons. The van der Waals surface area contributed by atoms with Crippen molar-refractivity contribution in [3.63, 3.8) is 0 Å². The zero-order chi connectivity index (χ0) is 54.1. The lowest BCUT2D eigenvalue weighted by molar-refractivity contribution is -0.116. The molecular weight excluding hydrogens is 1070 g/mol. The molecule has 9 aromatic rings. The summed E-state index contributed by atoms with van der Waals surface area (Å²) in [6, 6.07) is 33.1. The van der Waals surface area contributed by atoms with Crippen LogP contribution in [0.1, 0.15) is 0 Å². The minimum absolute atomic E-state index is 0.172. The standard InChI is InChI=1S/C25H19F3N6O2.C22H16BrF3N4O2.C4H6BNO2/c1-36-19-8-4-15(5-9-19)20-12-17-13-29-24(30-14-25(26,27)28)32-22(17)34(23(20)35)18-6-2-16(3-7-18)21-10-11-31-33-21;1-32-17-8-2-13(3-9-17)18-10-14-11-27-21(28-12-22(24,25)26)29-19(14)30(20(18)31)16-6-4-15(23)5-7-16;7-5(8)4-1-2-6-3-4/h2-13H,14H2,1H3,(H,31,33)(H,29,30,32);2-11H,12H2,1H3,(H,27,28,29);1-2,7-8H,3H2. The Morgan fingerprint density at radius 3 is 1.47 bits per heavy atom. The predicted molar refractivity (Wildman–Crippen MR) is 280 cm³/mol. The van der Waals surface area contributed by atoms with Crippen molar-refractivity contribution in [1.82, 2.24) is 39.3 Å². The number of halogens is 7. The molecular formula is C51H41BBrF6N11O6. The molecule has 0 atom stereocenters. The van der Waals surface area contributed by atoms with Crippen LogP contribution in [0.4, 0.5) is 38.2 Å². The highest BCUT2D eigenvalue weighted by atomic mass is 79.9. The average Bonchev–Trinajstić information content (AvgIpc) is 4.18. The molecule has 4 aromatic carbocycles. The summed E-state index contributed by atoms with van der Waals surface area (Å²) in [5.74, 6) is 0.820. The number of pyridine rings is 2. The summed E-state index contributed by atoms with van der Waals surface area (Å²) >= 11 is 3.36. The number of aromatic nitrogens is 8. The Kier molecular flexibility index (Phi) is 16.4. The van der Waals surface area contributed by atoms with Crippen LogP contribution in [0, 0.1) is 0 Å². The van der Waals surface area contributed by atoms with E-state index in [0.717, 1.165) is 15.7 Å². The monoisotopic (exact) mass is 1110 g/mol. The maximum absolute atomic E-state index is 13.7. The van der Waals surface area contributed by atoms with Gasteiger partial charge in [-0.25, -0.2) is 9.97 Å². The number of fused-ring (bicyclic) bond motifs is 2. The van der Waals surface area contributed by atoms with Gasteiger partial charge in [-0.1, -0.05) is 52.3 Å². The number of alkyl halides is 6. The Balaban J connectivity index is 0.000000176.